The zero-order chi connectivity index (χ0) is 23.0. The van der Waals surface area contributed by atoms with Crippen molar-refractivity contribution in [2.24, 2.45) is 11.8 Å². The van der Waals surface area contributed by atoms with E-state index in [1.54, 1.807) is 31.2 Å². The lowest BCUT2D eigenvalue weighted by Crippen LogP contribution is -2.30. The minimum absolute atomic E-state index is 0.0713. The first kappa shape index (κ1) is 22.6. The molecule has 2 fully saturated rings. The van der Waals surface area contributed by atoms with Crippen LogP contribution in [0.1, 0.15) is 36.8 Å². The number of nitrogens with one attached hydrogen (secondary N) is 1. The van der Waals surface area contributed by atoms with Gasteiger partial charge in [-0.3, -0.25) is 19.2 Å². The lowest BCUT2D eigenvalue weighted by molar-refractivity contribution is -0.140. The minimum atomic E-state index is -3.92. The van der Waals surface area contributed by atoms with E-state index in [1.165, 1.54) is 24.1 Å². The molecule has 9 heteroatoms. The van der Waals surface area contributed by atoms with Gasteiger partial charge >= 0.3 is 0 Å². The van der Waals surface area contributed by atoms with Gasteiger partial charge < -0.3 is 4.74 Å². The Kier molecular flexibility index (Phi) is 6.18. The van der Waals surface area contributed by atoms with Crippen LogP contribution in [0.4, 0.5) is 5.69 Å². The first-order chi connectivity index (χ1) is 15.2. The van der Waals surface area contributed by atoms with Crippen LogP contribution in [0.5, 0.6) is 5.75 Å². The highest BCUT2D eigenvalue weighted by Crippen LogP contribution is 2.38. The number of ether oxygens (including phenoxy) is 1. The minimum Gasteiger partial charge on any atom is -0.495 e. The van der Waals surface area contributed by atoms with E-state index in [2.05, 4.69) is 4.72 Å². The second kappa shape index (κ2) is 8.75. The van der Waals surface area contributed by atoms with Crippen molar-refractivity contribution in [2.45, 2.75) is 44.0 Å². The number of benzene rings is 2. The fraction of sp³-hybridized carbons (Fsp3) is 0.391. The van der Waals surface area contributed by atoms with Gasteiger partial charge in [-0.1, -0.05) is 36.6 Å². The van der Waals surface area contributed by atoms with Crippen LogP contribution in [0.15, 0.2) is 41.3 Å². The van der Waals surface area contributed by atoms with E-state index in [1.807, 2.05) is 0 Å². The molecule has 32 heavy (non-hydrogen) atoms. The highest BCUT2D eigenvalue weighted by molar-refractivity contribution is 7.92. The number of carbonyl (C=O) groups is 2. The van der Waals surface area contributed by atoms with E-state index in [4.69, 9.17) is 16.3 Å². The largest absolute Gasteiger partial charge is 0.495 e. The van der Waals surface area contributed by atoms with E-state index in [0.717, 1.165) is 25.7 Å². The van der Waals surface area contributed by atoms with E-state index in [-0.39, 0.29) is 40.1 Å². The number of fused-ring (bicyclic) bond motifs is 1. The fourth-order valence-corrected chi connectivity index (χ4v) is 6.15. The summed E-state index contributed by atoms with van der Waals surface area (Å²) in [5.41, 5.74) is 1.44. The lowest BCUT2D eigenvalue weighted by Gasteiger charge is -2.19. The number of nitrogens with zero attached hydrogens (tertiary/aromatic N) is 1. The fourth-order valence-electron chi connectivity index (χ4n) is 4.54. The summed E-state index contributed by atoms with van der Waals surface area (Å²) in [4.78, 5) is 26.9. The van der Waals surface area contributed by atoms with Gasteiger partial charge in [-0.25, -0.2) is 8.42 Å². The number of aryl methyl sites for hydroxylation is 1. The molecule has 1 aliphatic heterocycles. The average molecular weight is 477 g/mol. The number of methoxy groups -OCH3 is 1. The number of imide groups is 1. The molecule has 0 aromatic heterocycles. The van der Waals surface area contributed by atoms with Crippen molar-refractivity contribution in [3.63, 3.8) is 0 Å². The zero-order valence-electron chi connectivity index (χ0n) is 17.9. The van der Waals surface area contributed by atoms with Gasteiger partial charge in [-0.05, 0) is 55.2 Å². The van der Waals surface area contributed by atoms with Crippen molar-refractivity contribution in [2.75, 3.05) is 11.8 Å². The molecule has 170 valence electrons. The number of hydrogen-bond donors (Lipinski definition) is 1. The van der Waals surface area contributed by atoms with Crippen LogP contribution in [0.2, 0.25) is 5.02 Å². The summed E-state index contributed by atoms with van der Waals surface area (Å²) in [7, 11) is -2.45. The number of carbonyl (C=O) groups excluding carboxylic acids is 2. The molecular weight excluding hydrogens is 452 g/mol. The third-order valence-electron chi connectivity index (χ3n) is 6.22. The second-order valence-corrected chi connectivity index (χ2v) is 10.4. The maximum Gasteiger partial charge on any atom is 0.262 e. The van der Waals surface area contributed by atoms with Gasteiger partial charge in [0.15, 0.2) is 0 Å². The van der Waals surface area contributed by atoms with Crippen LogP contribution in [-0.2, 0) is 26.2 Å². The van der Waals surface area contributed by atoms with E-state index < -0.39 is 10.0 Å². The van der Waals surface area contributed by atoms with Gasteiger partial charge in [0.2, 0.25) is 11.8 Å². The third-order valence-corrected chi connectivity index (χ3v) is 8.04. The first-order valence-electron chi connectivity index (χ1n) is 10.5. The summed E-state index contributed by atoms with van der Waals surface area (Å²) in [6.07, 6.45) is 3.41. The molecule has 0 radical (unpaired) electrons. The molecule has 2 aliphatic rings. The molecule has 2 atom stereocenters. The van der Waals surface area contributed by atoms with Crippen molar-refractivity contribution in [1.82, 2.24) is 4.90 Å². The van der Waals surface area contributed by atoms with Gasteiger partial charge in [0.1, 0.15) is 5.75 Å². The zero-order valence-corrected chi connectivity index (χ0v) is 19.5. The van der Waals surface area contributed by atoms with Crippen LogP contribution in [0, 0.1) is 18.8 Å². The normalized spacial score (nSPS) is 20.9. The molecule has 1 saturated heterocycles. The van der Waals surface area contributed by atoms with Gasteiger partial charge in [0, 0.05) is 0 Å². The standard InChI is InChI=1S/C23H25ClN2O5S/c1-14-7-8-15(13-26-22(27)17-5-3-4-6-18(17)23(26)28)11-21(14)32(29,30)25-16-9-10-20(31-2)19(24)12-16/h7-12,17-18,25H,3-6,13H2,1-2H3/t17-,18-/m0/s1. The Labute approximate surface area is 192 Å². The number of sulfonamides is 1. The Balaban J connectivity index is 1.58. The van der Waals surface area contributed by atoms with Crippen molar-refractivity contribution in [1.29, 1.82) is 0 Å². The number of likely N-dealkylation sites (tertiary alicyclic amines) is 1. The Bertz CT molecular complexity index is 1160. The number of hydrogen-bond acceptors (Lipinski definition) is 5. The molecule has 2 amide bonds. The predicted molar refractivity (Wildman–Crippen MR) is 121 cm³/mol. The smallest absolute Gasteiger partial charge is 0.262 e. The van der Waals surface area contributed by atoms with Gasteiger partial charge in [-0.15, -0.1) is 0 Å². The molecule has 2 aromatic carbocycles. The molecule has 7 nitrogen and oxygen atoms in total. The highest BCUT2D eigenvalue weighted by Gasteiger charge is 2.47. The molecular formula is C23H25ClN2O5S. The van der Waals surface area contributed by atoms with Crippen LogP contribution in [0.3, 0.4) is 0 Å². The molecule has 1 aliphatic carbocycles. The number of anilines is 1. The molecule has 1 N–H and O–H groups in total. The monoisotopic (exact) mass is 476 g/mol. The van der Waals surface area contributed by atoms with Crippen LogP contribution in [0.25, 0.3) is 0 Å². The number of halogens is 1. The summed E-state index contributed by atoms with van der Waals surface area (Å²) in [5, 5.41) is 0.283. The molecule has 1 heterocycles. The highest BCUT2D eigenvalue weighted by atomic mass is 35.5. The summed E-state index contributed by atoms with van der Waals surface area (Å²) >= 11 is 6.11. The molecule has 0 bridgehead atoms. The summed E-state index contributed by atoms with van der Waals surface area (Å²) < 4.78 is 33.8. The van der Waals surface area contributed by atoms with Crippen molar-refractivity contribution in [3.05, 3.63) is 52.5 Å². The Morgan fingerprint density at radius 1 is 1.06 bits per heavy atom. The molecule has 2 aromatic rings. The Morgan fingerprint density at radius 3 is 2.31 bits per heavy atom. The maximum atomic E-state index is 13.1. The number of amides is 2. The number of rotatable bonds is 6. The van der Waals surface area contributed by atoms with Crippen molar-refractivity contribution >= 4 is 39.1 Å². The quantitative estimate of drug-likeness (QED) is 0.632. The van der Waals surface area contributed by atoms with Crippen LogP contribution < -0.4 is 9.46 Å². The summed E-state index contributed by atoms with van der Waals surface area (Å²) in [6, 6.07) is 9.56. The van der Waals surface area contributed by atoms with E-state index >= 15 is 0 Å². The molecule has 0 spiro atoms. The topological polar surface area (TPSA) is 92.8 Å². The molecule has 1 saturated carbocycles. The van der Waals surface area contributed by atoms with Gasteiger partial charge in [0.05, 0.1) is 41.1 Å². The second-order valence-electron chi connectivity index (χ2n) is 8.31. The Morgan fingerprint density at radius 2 is 1.72 bits per heavy atom. The van der Waals surface area contributed by atoms with Crippen molar-refractivity contribution in [3.8, 4) is 5.75 Å². The third kappa shape index (κ3) is 4.21. The van der Waals surface area contributed by atoms with E-state index in [9.17, 15) is 18.0 Å². The molecule has 4 rings (SSSR count). The molecule has 0 unspecified atom stereocenters. The lowest BCUT2D eigenvalue weighted by atomic mass is 9.81. The average Bonchev–Trinajstić information content (AvgIpc) is 3.00. The van der Waals surface area contributed by atoms with Crippen molar-refractivity contribution < 1.29 is 22.7 Å². The van der Waals surface area contributed by atoms with Crippen LogP contribution in [-0.4, -0.2) is 32.2 Å². The summed E-state index contributed by atoms with van der Waals surface area (Å²) in [6.45, 7) is 1.77. The first-order valence-corrected chi connectivity index (χ1v) is 12.4. The van der Waals surface area contributed by atoms with Gasteiger partial charge in [-0.2, -0.15) is 0 Å². The predicted octanol–water partition coefficient (Wildman–Crippen LogP) is 4.13. The Hall–Kier alpha value is -2.58. The SMILES string of the molecule is COc1ccc(NS(=O)(=O)c2cc(CN3C(=O)[C@H]4CCCC[C@@H]4C3=O)ccc2C)cc1Cl. The van der Waals surface area contributed by atoms with Gasteiger partial charge in [0.25, 0.3) is 10.0 Å². The summed E-state index contributed by atoms with van der Waals surface area (Å²) in [5.74, 6) is -0.308. The van der Waals surface area contributed by atoms with E-state index in [0.29, 0.717) is 22.6 Å². The maximum absolute atomic E-state index is 13.1. The van der Waals surface area contributed by atoms with Crippen LogP contribution >= 0.6 is 11.6 Å².